The second kappa shape index (κ2) is 7.96. The van der Waals surface area contributed by atoms with Gasteiger partial charge in [0, 0.05) is 22.3 Å². The predicted octanol–water partition coefficient (Wildman–Crippen LogP) is 4.46. The summed E-state index contributed by atoms with van der Waals surface area (Å²) in [5.74, 6) is 0.201. The second-order valence-electron chi connectivity index (χ2n) is 5.21. The Kier molecular flexibility index (Phi) is 5.48. The van der Waals surface area contributed by atoms with Gasteiger partial charge in [-0.05, 0) is 42.0 Å². The van der Waals surface area contributed by atoms with Gasteiger partial charge in [0.15, 0.2) is 11.5 Å². The highest BCUT2D eigenvalue weighted by Crippen LogP contribution is 2.18. The fourth-order valence-electron chi connectivity index (χ4n) is 2.14. The standard InChI is InChI=1S/C18H14Cl2N4O/c19-13-5-3-6-14(10-13)22-17-9-8-16(23-24-17)18(25)21-11-12-4-1-2-7-15(12)20/h1-10H,11H2,(H,21,25)(H,22,24). The van der Waals surface area contributed by atoms with Gasteiger partial charge in [-0.15, -0.1) is 10.2 Å². The number of anilines is 2. The molecule has 2 aromatic carbocycles. The second-order valence-corrected chi connectivity index (χ2v) is 6.06. The summed E-state index contributed by atoms with van der Waals surface area (Å²) in [4.78, 5) is 12.1. The smallest absolute Gasteiger partial charge is 0.272 e. The van der Waals surface area contributed by atoms with Crippen molar-refractivity contribution in [3.05, 3.63) is 82.0 Å². The number of hydrogen-bond donors (Lipinski definition) is 2. The molecule has 1 amide bonds. The Morgan fingerprint density at radius 1 is 0.960 bits per heavy atom. The number of hydrogen-bond acceptors (Lipinski definition) is 4. The number of amides is 1. The molecule has 126 valence electrons. The lowest BCUT2D eigenvalue weighted by atomic mass is 10.2. The van der Waals surface area contributed by atoms with Gasteiger partial charge in [-0.1, -0.05) is 47.5 Å². The fraction of sp³-hybridized carbons (Fsp3) is 0.0556. The maximum absolute atomic E-state index is 12.1. The average Bonchev–Trinajstić information content (AvgIpc) is 2.61. The minimum Gasteiger partial charge on any atom is -0.347 e. The Morgan fingerprint density at radius 3 is 2.52 bits per heavy atom. The van der Waals surface area contributed by atoms with Crippen LogP contribution < -0.4 is 10.6 Å². The number of nitrogens with one attached hydrogen (secondary N) is 2. The number of halogens is 2. The van der Waals surface area contributed by atoms with E-state index in [1.54, 1.807) is 30.3 Å². The number of benzene rings is 2. The van der Waals surface area contributed by atoms with E-state index in [0.29, 0.717) is 22.4 Å². The lowest BCUT2D eigenvalue weighted by molar-refractivity contribution is 0.0945. The van der Waals surface area contributed by atoms with Gasteiger partial charge in [-0.25, -0.2) is 0 Å². The first kappa shape index (κ1) is 17.2. The summed E-state index contributed by atoms with van der Waals surface area (Å²) in [6.45, 7) is 0.322. The van der Waals surface area contributed by atoms with Crippen LogP contribution >= 0.6 is 23.2 Å². The molecule has 25 heavy (non-hydrogen) atoms. The fourth-order valence-corrected chi connectivity index (χ4v) is 2.53. The molecular formula is C18H14Cl2N4O. The topological polar surface area (TPSA) is 66.9 Å². The minimum absolute atomic E-state index is 0.226. The van der Waals surface area contributed by atoms with Gasteiger partial charge in [0.2, 0.25) is 0 Å². The van der Waals surface area contributed by atoms with Crippen LogP contribution in [-0.4, -0.2) is 16.1 Å². The molecule has 0 saturated heterocycles. The molecule has 3 rings (SSSR count). The van der Waals surface area contributed by atoms with Crippen LogP contribution in [0.4, 0.5) is 11.5 Å². The largest absolute Gasteiger partial charge is 0.347 e. The van der Waals surface area contributed by atoms with E-state index in [-0.39, 0.29) is 11.6 Å². The maximum Gasteiger partial charge on any atom is 0.272 e. The van der Waals surface area contributed by atoms with Crippen molar-refractivity contribution in [3.63, 3.8) is 0 Å². The van der Waals surface area contributed by atoms with Crippen molar-refractivity contribution < 1.29 is 4.79 Å². The summed E-state index contributed by atoms with van der Waals surface area (Å²) in [6, 6.07) is 17.9. The van der Waals surface area contributed by atoms with Gasteiger partial charge < -0.3 is 10.6 Å². The predicted molar refractivity (Wildman–Crippen MR) is 99.4 cm³/mol. The van der Waals surface area contributed by atoms with Crippen LogP contribution in [0.25, 0.3) is 0 Å². The molecule has 1 heterocycles. The Bertz CT molecular complexity index is 884. The first-order valence-corrected chi connectivity index (χ1v) is 8.25. The Balaban J connectivity index is 1.61. The van der Waals surface area contributed by atoms with Crippen LogP contribution in [0.2, 0.25) is 10.0 Å². The number of aromatic nitrogens is 2. The molecule has 0 saturated carbocycles. The van der Waals surface area contributed by atoms with Crippen molar-refractivity contribution in [2.24, 2.45) is 0 Å². The first-order chi connectivity index (χ1) is 12.1. The molecule has 0 fully saturated rings. The van der Waals surface area contributed by atoms with Gasteiger partial charge >= 0.3 is 0 Å². The molecule has 5 nitrogen and oxygen atoms in total. The van der Waals surface area contributed by atoms with Gasteiger partial charge in [-0.2, -0.15) is 0 Å². The molecule has 0 radical (unpaired) electrons. The third kappa shape index (κ3) is 4.68. The van der Waals surface area contributed by atoms with E-state index < -0.39 is 0 Å². The number of nitrogens with zero attached hydrogens (tertiary/aromatic N) is 2. The van der Waals surface area contributed by atoms with Crippen molar-refractivity contribution in [2.45, 2.75) is 6.54 Å². The Morgan fingerprint density at radius 2 is 1.80 bits per heavy atom. The monoisotopic (exact) mass is 372 g/mol. The molecule has 0 unspecified atom stereocenters. The maximum atomic E-state index is 12.1. The third-order valence-corrected chi connectivity index (χ3v) is 4.00. The summed E-state index contributed by atoms with van der Waals surface area (Å²) in [6.07, 6.45) is 0. The molecule has 0 bridgehead atoms. The molecule has 0 aliphatic heterocycles. The highest BCUT2D eigenvalue weighted by atomic mass is 35.5. The zero-order valence-electron chi connectivity index (χ0n) is 13.0. The summed E-state index contributed by atoms with van der Waals surface area (Å²) in [5, 5.41) is 15.0. The van der Waals surface area contributed by atoms with Crippen LogP contribution in [0.15, 0.2) is 60.7 Å². The normalized spacial score (nSPS) is 10.3. The Labute approximate surface area is 155 Å². The molecule has 0 spiro atoms. The average molecular weight is 373 g/mol. The van der Waals surface area contributed by atoms with Gasteiger partial charge in [-0.3, -0.25) is 4.79 Å². The van der Waals surface area contributed by atoms with Crippen molar-refractivity contribution in [3.8, 4) is 0 Å². The Hall–Kier alpha value is -2.63. The number of carbonyl (C=O) groups is 1. The quantitative estimate of drug-likeness (QED) is 0.693. The highest BCUT2D eigenvalue weighted by molar-refractivity contribution is 6.31. The van der Waals surface area contributed by atoms with Crippen molar-refractivity contribution >= 4 is 40.6 Å². The molecular weight excluding hydrogens is 359 g/mol. The van der Waals surface area contributed by atoms with E-state index in [1.165, 1.54) is 0 Å². The summed E-state index contributed by atoms with van der Waals surface area (Å²) >= 11 is 12.0. The highest BCUT2D eigenvalue weighted by Gasteiger charge is 2.09. The van der Waals surface area contributed by atoms with E-state index in [1.807, 2.05) is 30.3 Å². The van der Waals surface area contributed by atoms with Crippen molar-refractivity contribution in [1.29, 1.82) is 0 Å². The molecule has 3 aromatic rings. The molecule has 0 aliphatic carbocycles. The summed E-state index contributed by atoms with van der Waals surface area (Å²) < 4.78 is 0. The van der Waals surface area contributed by atoms with E-state index in [4.69, 9.17) is 23.2 Å². The van der Waals surface area contributed by atoms with Crippen LogP contribution in [0, 0.1) is 0 Å². The van der Waals surface area contributed by atoms with Crippen LogP contribution in [0.1, 0.15) is 16.1 Å². The lowest BCUT2D eigenvalue weighted by Crippen LogP contribution is -2.24. The number of carbonyl (C=O) groups excluding carboxylic acids is 1. The summed E-state index contributed by atoms with van der Waals surface area (Å²) in [7, 11) is 0. The van der Waals surface area contributed by atoms with E-state index in [2.05, 4.69) is 20.8 Å². The zero-order valence-corrected chi connectivity index (χ0v) is 14.6. The van der Waals surface area contributed by atoms with Gasteiger partial charge in [0.05, 0.1) is 0 Å². The molecule has 0 aliphatic rings. The third-order valence-electron chi connectivity index (χ3n) is 3.39. The molecule has 7 heteroatoms. The molecule has 2 N–H and O–H groups in total. The van der Waals surface area contributed by atoms with E-state index in [9.17, 15) is 4.79 Å². The van der Waals surface area contributed by atoms with E-state index in [0.717, 1.165) is 11.3 Å². The minimum atomic E-state index is -0.318. The molecule has 1 aromatic heterocycles. The van der Waals surface area contributed by atoms with E-state index >= 15 is 0 Å². The van der Waals surface area contributed by atoms with Crippen LogP contribution in [0.3, 0.4) is 0 Å². The van der Waals surface area contributed by atoms with Gasteiger partial charge in [0.25, 0.3) is 5.91 Å². The van der Waals surface area contributed by atoms with Crippen LogP contribution in [0.5, 0.6) is 0 Å². The van der Waals surface area contributed by atoms with Crippen molar-refractivity contribution in [2.75, 3.05) is 5.32 Å². The van der Waals surface area contributed by atoms with Crippen molar-refractivity contribution in [1.82, 2.24) is 15.5 Å². The molecule has 0 atom stereocenters. The summed E-state index contributed by atoms with van der Waals surface area (Å²) in [5.41, 5.74) is 1.85. The van der Waals surface area contributed by atoms with Gasteiger partial charge in [0.1, 0.15) is 0 Å². The SMILES string of the molecule is O=C(NCc1ccccc1Cl)c1ccc(Nc2cccc(Cl)c2)nn1. The number of rotatable bonds is 5. The zero-order chi connectivity index (χ0) is 17.6. The van der Waals surface area contributed by atoms with Crippen LogP contribution in [-0.2, 0) is 6.54 Å². The first-order valence-electron chi connectivity index (χ1n) is 7.50. The lowest BCUT2D eigenvalue weighted by Gasteiger charge is -2.07.